The minimum Gasteiger partial charge on any atom is -0.382 e. The summed E-state index contributed by atoms with van der Waals surface area (Å²) in [6, 6.07) is 20.5. The molecule has 0 unspecified atom stereocenters. The lowest BCUT2D eigenvalue weighted by atomic mass is 9.99. The molecule has 0 radical (unpaired) electrons. The Bertz CT molecular complexity index is 659. The Morgan fingerprint density at radius 2 is 1.38 bits per heavy atom. The van der Waals surface area contributed by atoms with Gasteiger partial charge >= 0.3 is 0 Å². The number of benzene rings is 2. The SMILES string of the molecule is Nc1cncc(NC(c2ccccc2)c2ccccc2)n1. The zero-order chi connectivity index (χ0) is 14.5. The van der Waals surface area contributed by atoms with E-state index in [1.807, 2.05) is 36.4 Å². The van der Waals surface area contributed by atoms with E-state index in [0.717, 1.165) is 11.1 Å². The third-order valence-electron chi connectivity index (χ3n) is 3.21. The van der Waals surface area contributed by atoms with Gasteiger partial charge in [0.25, 0.3) is 0 Å². The molecular weight excluding hydrogens is 260 g/mol. The van der Waals surface area contributed by atoms with Gasteiger partial charge in [0.15, 0.2) is 0 Å². The van der Waals surface area contributed by atoms with E-state index in [4.69, 9.17) is 5.73 Å². The highest BCUT2D eigenvalue weighted by Crippen LogP contribution is 2.25. The van der Waals surface area contributed by atoms with Crippen molar-refractivity contribution < 1.29 is 0 Å². The van der Waals surface area contributed by atoms with E-state index in [1.54, 1.807) is 6.20 Å². The third kappa shape index (κ3) is 3.17. The predicted octanol–water partition coefficient (Wildman–Crippen LogP) is 3.26. The molecule has 21 heavy (non-hydrogen) atoms. The van der Waals surface area contributed by atoms with Gasteiger partial charge in [-0.05, 0) is 11.1 Å². The Hall–Kier alpha value is -2.88. The molecule has 0 amide bonds. The maximum atomic E-state index is 5.70. The Kier molecular flexibility index (Phi) is 3.78. The van der Waals surface area contributed by atoms with Gasteiger partial charge in [-0.15, -0.1) is 0 Å². The topological polar surface area (TPSA) is 63.8 Å². The zero-order valence-electron chi connectivity index (χ0n) is 11.5. The van der Waals surface area contributed by atoms with Gasteiger partial charge in [-0.25, -0.2) is 4.98 Å². The molecule has 3 rings (SSSR count). The van der Waals surface area contributed by atoms with Crippen LogP contribution in [0.25, 0.3) is 0 Å². The number of nitrogens with zero attached hydrogens (tertiary/aromatic N) is 2. The molecule has 0 atom stereocenters. The lowest BCUT2D eigenvalue weighted by Gasteiger charge is -2.20. The molecule has 0 fully saturated rings. The number of hydrogen-bond acceptors (Lipinski definition) is 4. The van der Waals surface area contributed by atoms with Crippen LogP contribution in [-0.2, 0) is 0 Å². The van der Waals surface area contributed by atoms with Crippen LogP contribution in [0, 0.1) is 0 Å². The van der Waals surface area contributed by atoms with Gasteiger partial charge in [-0.2, -0.15) is 0 Å². The quantitative estimate of drug-likeness (QED) is 0.767. The fourth-order valence-electron chi connectivity index (χ4n) is 2.25. The van der Waals surface area contributed by atoms with Crippen LogP contribution in [0.4, 0.5) is 11.6 Å². The summed E-state index contributed by atoms with van der Waals surface area (Å²) in [4.78, 5) is 8.34. The van der Waals surface area contributed by atoms with E-state index in [9.17, 15) is 0 Å². The summed E-state index contributed by atoms with van der Waals surface area (Å²) in [6.07, 6.45) is 3.21. The maximum Gasteiger partial charge on any atom is 0.147 e. The van der Waals surface area contributed by atoms with Crippen LogP contribution in [0.1, 0.15) is 17.2 Å². The van der Waals surface area contributed by atoms with Gasteiger partial charge < -0.3 is 11.1 Å². The molecule has 0 aliphatic carbocycles. The third-order valence-corrected chi connectivity index (χ3v) is 3.21. The van der Waals surface area contributed by atoms with Crippen molar-refractivity contribution in [2.24, 2.45) is 0 Å². The lowest BCUT2D eigenvalue weighted by molar-refractivity contribution is 0.923. The highest BCUT2D eigenvalue weighted by Gasteiger charge is 2.14. The van der Waals surface area contributed by atoms with Crippen LogP contribution in [-0.4, -0.2) is 9.97 Å². The molecule has 0 spiro atoms. The molecular formula is C17H16N4. The summed E-state index contributed by atoms with van der Waals surface area (Å²) in [5.74, 6) is 1.06. The van der Waals surface area contributed by atoms with Crippen molar-refractivity contribution in [2.45, 2.75) is 6.04 Å². The van der Waals surface area contributed by atoms with Crippen molar-refractivity contribution in [3.63, 3.8) is 0 Å². The number of aromatic nitrogens is 2. The van der Waals surface area contributed by atoms with E-state index in [0.29, 0.717) is 11.6 Å². The van der Waals surface area contributed by atoms with Crippen molar-refractivity contribution in [3.05, 3.63) is 84.2 Å². The first-order valence-corrected chi connectivity index (χ1v) is 6.77. The average Bonchev–Trinajstić information content (AvgIpc) is 2.54. The molecule has 0 aliphatic rings. The predicted molar refractivity (Wildman–Crippen MR) is 84.8 cm³/mol. The first kappa shape index (κ1) is 13.1. The fourth-order valence-corrected chi connectivity index (χ4v) is 2.25. The van der Waals surface area contributed by atoms with Crippen LogP contribution in [0.15, 0.2) is 73.1 Å². The van der Waals surface area contributed by atoms with Crippen LogP contribution in [0.3, 0.4) is 0 Å². The minimum atomic E-state index is 0.00324. The van der Waals surface area contributed by atoms with Gasteiger partial charge in [-0.3, -0.25) is 4.98 Å². The molecule has 0 saturated carbocycles. The second-order valence-corrected chi connectivity index (χ2v) is 4.73. The molecule has 0 bridgehead atoms. The summed E-state index contributed by atoms with van der Waals surface area (Å²) in [7, 11) is 0. The maximum absolute atomic E-state index is 5.70. The molecule has 3 N–H and O–H groups in total. The average molecular weight is 276 g/mol. The molecule has 104 valence electrons. The van der Waals surface area contributed by atoms with E-state index in [-0.39, 0.29) is 6.04 Å². The molecule has 1 heterocycles. The molecule has 4 heteroatoms. The van der Waals surface area contributed by atoms with Crippen molar-refractivity contribution in [2.75, 3.05) is 11.1 Å². The van der Waals surface area contributed by atoms with Gasteiger partial charge in [0, 0.05) is 0 Å². The van der Waals surface area contributed by atoms with E-state index in [1.165, 1.54) is 6.20 Å². The number of nitrogen functional groups attached to an aromatic ring is 1. The minimum absolute atomic E-state index is 0.00324. The number of hydrogen-bond donors (Lipinski definition) is 2. The number of anilines is 2. The normalized spacial score (nSPS) is 10.5. The monoisotopic (exact) mass is 276 g/mol. The van der Waals surface area contributed by atoms with E-state index < -0.39 is 0 Å². The van der Waals surface area contributed by atoms with Crippen molar-refractivity contribution in [1.82, 2.24) is 9.97 Å². The largest absolute Gasteiger partial charge is 0.382 e. The van der Waals surface area contributed by atoms with Crippen LogP contribution in [0.5, 0.6) is 0 Å². The molecule has 0 saturated heterocycles. The highest BCUT2D eigenvalue weighted by molar-refractivity contribution is 5.45. The van der Waals surface area contributed by atoms with E-state index >= 15 is 0 Å². The van der Waals surface area contributed by atoms with Crippen molar-refractivity contribution in [3.8, 4) is 0 Å². The Balaban J connectivity index is 1.97. The molecule has 4 nitrogen and oxygen atoms in total. The van der Waals surface area contributed by atoms with Crippen LogP contribution >= 0.6 is 0 Å². The molecule has 0 aliphatic heterocycles. The van der Waals surface area contributed by atoms with Crippen LogP contribution < -0.4 is 11.1 Å². The summed E-state index contributed by atoms with van der Waals surface area (Å²) < 4.78 is 0. The molecule has 3 aromatic rings. The van der Waals surface area contributed by atoms with Crippen LogP contribution in [0.2, 0.25) is 0 Å². The van der Waals surface area contributed by atoms with Crippen molar-refractivity contribution >= 4 is 11.6 Å². The smallest absolute Gasteiger partial charge is 0.147 e. The standard InChI is InChI=1S/C17H16N4/c18-15-11-19-12-16(20-15)21-17(13-7-3-1-4-8-13)14-9-5-2-6-10-14/h1-12,17H,(H3,18,20,21). The lowest BCUT2D eigenvalue weighted by Crippen LogP contribution is -2.13. The second kappa shape index (κ2) is 6.05. The Labute approximate surface area is 123 Å². The van der Waals surface area contributed by atoms with Crippen molar-refractivity contribution in [1.29, 1.82) is 0 Å². The summed E-state index contributed by atoms with van der Waals surface area (Å²) in [5.41, 5.74) is 8.02. The summed E-state index contributed by atoms with van der Waals surface area (Å²) >= 11 is 0. The number of rotatable bonds is 4. The first-order valence-electron chi connectivity index (χ1n) is 6.77. The first-order chi connectivity index (χ1) is 10.3. The molecule has 1 aromatic heterocycles. The second-order valence-electron chi connectivity index (χ2n) is 4.73. The summed E-state index contributed by atoms with van der Waals surface area (Å²) in [6.45, 7) is 0. The van der Waals surface area contributed by atoms with Gasteiger partial charge in [0.1, 0.15) is 11.6 Å². The number of nitrogens with one attached hydrogen (secondary N) is 1. The van der Waals surface area contributed by atoms with Gasteiger partial charge in [0.05, 0.1) is 18.4 Å². The zero-order valence-corrected chi connectivity index (χ0v) is 11.5. The Morgan fingerprint density at radius 1 is 0.810 bits per heavy atom. The van der Waals surface area contributed by atoms with Gasteiger partial charge in [-0.1, -0.05) is 60.7 Å². The van der Waals surface area contributed by atoms with E-state index in [2.05, 4.69) is 39.6 Å². The fraction of sp³-hybridized carbons (Fsp3) is 0.0588. The Morgan fingerprint density at radius 3 is 1.90 bits per heavy atom. The van der Waals surface area contributed by atoms with Gasteiger partial charge in [0.2, 0.25) is 0 Å². The number of nitrogens with two attached hydrogens (primary N) is 1. The summed E-state index contributed by atoms with van der Waals surface area (Å²) in [5, 5.41) is 3.40. The highest BCUT2D eigenvalue weighted by atomic mass is 15.1. The molecule has 2 aromatic carbocycles.